The van der Waals surface area contributed by atoms with Gasteiger partial charge in [0.2, 0.25) is 6.10 Å². The number of hydrogen-bond acceptors (Lipinski definition) is 2. The van der Waals surface area contributed by atoms with E-state index in [9.17, 15) is 26.3 Å². The lowest BCUT2D eigenvalue weighted by atomic mass is 10.3. The molecule has 14 heavy (non-hydrogen) atoms. The van der Waals surface area contributed by atoms with Crippen LogP contribution in [0, 0.1) is 0 Å². The lowest BCUT2D eigenvalue weighted by Crippen LogP contribution is -2.44. The van der Waals surface area contributed by atoms with E-state index in [2.05, 4.69) is 4.74 Å². The van der Waals surface area contributed by atoms with Crippen LogP contribution in [0.15, 0.2) is 0 Å². The van der Waals surface area contributed by atoms with Gasteiger partial charge < -0.3 is 10.5 Å². The molecule has 0 aromatic carbocycles. The van der Waals surface area contributed by atoms with Gasteiger partial charge in [0.05, 0.1) is 0 Å². The summed E-state index contributed by atoms with van der Waals surface area (Å²) in [4.78, 5) is 0. The van der Waals surface area contributed by atoms with E-state index in [1.807, 2.05) is 0 Å². The van der Waals surface area contributed by atoms with Gasteiger partial charge in [0.25, 0.3) is 0 Å². The molecule has 0 unspecified atom stereocenters. The van der Waals surface area contributed by atoms with E-state index in [4.69, 9.17) is 5.73 Å². The Bertz CT molecular complexity index is 151. The zero-order valence-corrected chi connectivity index (χ0v) is 6.95. The second-order valence-corrected chi connectivity index (χ2v) is 2.48. The van der Waals surface area contributed by atoms with Crippen LogP contribution in [-0.2, 0) is 4.74 Å². The molecule has 0 amide bonds. The Hall–Kier alpha value is -0.500. The fourth-order valence-electron chi connectivity index (χ4n) is 0.659. The molecule has 0 saturated heterocycles. The molecule has 0 aliphatic heterocycles. The normalized spacial score (nSPS) is 13.7. The predicted octanol–water partition coefficient (Wildman–Crippen LogP) is 1.84. The molecule has 2 N–H and O–H groups in total. The Balaban J connectivity index is 4.28. The summed E-state index contributed by atoms with van der Waals surface area (Å²) < 4.78 is 74.3. The van der Waals surface area contributed by atoms with Crippen molar-refractivity contribution in [3.8, 4) is 0 Å². The fourth-order valence-corrected chi connectivity index (χ4v) is 0.659. The summed E-state index contributed by atoms with van der Waals surface area (Å²) in [6.45, 7) is -0.692. The van der Waals surface area contributed by atoms with Gasteiger partial charge in [-0.2, -0.15) is 26.3 Å². The van der Waals surface area contributed by atoms with Crippen LogP contribution in [0.2, 0.25) is 0 Å². The quantitative estimate of drug-likeness (QED) is 0.585. The monoisotopic (exact) mass is 225 g/mol. The van der Waals surface area contributed by atoms with Gasteiger partial charge in [0.1, 0.15) is 0 Å². The van der Waals surface area contributed by atoms with E-state index in [1.165, 1.54) is 0 Å². The van der Waals surface area contributed by atoms with E-state index in [0.717, 1.165) is 0 Å². The largest absolute Gasteiger partial charge is 0.423 e. The van der Waals surface area contributed by atoms with Crippen molar-refractivity contribution < 1.29 is 31.1 Å². The summed E-state index contributed by atoms with van der Waals surface area (Å²) in [5.74, 6) is 0. The molecule has 0 aromatic heterocycles. The molecule has 0 aliphatic rings. The van der Waals surface area contributed by atoms with Crippen LogP contribution in [0.5, 0.6) is 0 Å². The van der Waals surface area contributed by atoms with Gasteiger partial charge >= 0.3 is 12.4 Å². The van der Waals surface area contributed by atoms with Crippen LogP contribution in [0.3, 0.4) is 0 Å². The minimum Gasteiger partial charge on any atom is -0.361 e. The van der Waals surface area contributed by atoms with Crippen molar-refractivity contribution in [3.63, 3.8) is 0 Å². The molecular weight excluding hydrogens is 216 g/mol. The summed E-state index contributed by atoms with van der Waals surface area (Å²) in [7, 11) is 0. The number of ether oxygens (including phenoxy) is 1. The van der Waals surface area contributed by atoms with Crippen LogP contribution >= 0.6 is 0 Å². The second-order valence-electron chi connectivity index (χ2n) is 2.48. The number of alkyl halides is 6. The van der Waals surface area contributed by atoms with Crippen LogP contribution in [0.1, 0.15) is 6.42 Å². The highest BCUT2D eigenvalue weighted by molar-refractivity contribution is 4.75. The molecule has 0 aliphatic carbocycles. The van der Waals surface area contributed by atoms with Crippen LogP contribution in [-0.4, -0.2) is 31.6 Å². The summed E-state index contributed by atoms with van der Waals surface area (Å²) >= 11 is 0. The Morgan fingerprint density at radius 3 is 1.71 bits per heavy atom. The number of nitrogens with two attached hydrogens (primary N) is 1. The molecular formula is C6H9F6NO. The zero-order valence-electron chi connectivity index (χ0n) is 6.95. The first-order valence-corrected chi connectivity index (χ1v) is 3.64. The summed E-state index contributed by atoms with van der Waals surface area (Å²) in [6, 6.07) is 0. The third-order valence-electron chi connectivity index (χ3n) is 1.23. The predicted molar refractivity (Wildman–Crippen MR) is 35.5 cm³/mol. The standard InChI is InChI=1S/C6H9F6NO/c7-5(8,9)4(6(10,11)12)14-3-1-2-13/h4H,1-3,13H2. The third kappa shape index (κ3) is 4.66. The first-order valence-electron chi connectivity index (χ1n) is 3.64. The number of halogens is 6. The van der Waals surface area contributed by atoms with Gasteiger partial charge in [0, 0.05) is 6.61 Å². The first kappa shape index (κ1) is 13.5. The van der Waals surface area contributed by atoms with Crippen molar-refractivity contribution in [1.82, 2.24) is 0 Å². The molecule has 0 aromatic rings. The summed E-state index contributed by atoms with van der Waals surface area (Å²) in [5, 5.41) is 0. The highest BCUT2D eigenvalue weighted by atomic mass is 19.4. The van der Waals surface area contributed by atoms with E-state index in [0.29, 0.717) is 0 Å². The fraction of sp³-hybridized carbons (Fsp3) is 1.00. The van der Waals surface area contributed by atoms with E-state index < -0.39 is 25.1 Å². The zero-order chi connectivity index (χ0) is 11.4. The molecule has 0 fully saturated rings. The lowest BCUT2D eigenvalue weighted by Gasteiger charge is -2.22. The Kier molecular flexibility index (Phi) is 4.66. The Morgan fingerprint density at radius 2 is 1.43 bits per heavy atom. The van der Waals surface area contributed by atoms with Crippen LogP contribution < -0.4 is 5.73 Å². The highest BCUT2D eigenvalue weighted by Gasteiger charge is 2.57. The number of rotatable bonds is 4. The van der Waals surface area contributed by atoms with Crippen LogP contribution in [0.4, 0.5) is 26.3 Å². The smallest absolute Gasteiger partial charge is 0.361 e. The molecule has 0 atom stereocenters. The van der Waals surface area contributed by atoms with Gasteiger partial charge in [-0.1, -0.05) is 0 Å². The maximum absolute atomic E-state index is 11.8. The SMILES string of the molecule is NCCCOC(C(F)(F)F)C(F)(F)F. The molecule has 86 valence electrons. The molecule has 8 heteroatoms. The van der Waals surface area contributed by atoms with Crippen molar-refractivity contribution in [2.24, 2.45) is 5.73 Å². The Labute approximate surface area is 76.0 Å². The summed E-state index contributed by atoms with van der Waals surface area (Å²) in [5.41, 5.74) is 4.89. The van der Waals surface area contributed by atoms with E-state index in [-0.39, 0.29) is 13.0 Å². The highest BCUT2D eigenvalue weighted by Crippen LogP contribution is 2.35. The molecule has 0 saturated carbocycles. The molecule has 0 bridgehead atoms. The van der Waals surface area contributed by atoms with Crippen molar-refractivity contribution >= 4 is 0 Å². The first-order chi connectivity index (χ1) is 6.19. The molecule has 0 radical (unpaired) electrons. The van der Waals surface area contributed by atoms with Crippen molar-refractivity contribution in [2.75, 3.05) is 13.2 Å². The van der Waals surface area contributed by atoms with Crippen molar-refractivity contribution in [2.45, 2.75) is 24.9 Å². The third-order valence-corrected chi connectivity index (χ3v) is 1.23. The van der Waals surface area contributed by atoms with E-state index >= 15 is 0 Å². The average Bonchev–Trinajstić information content (AvgIpc) is 1.92. The number of hydrogen-bond donors (Lipinski definition) is 1. The molecule has 0 heterocycles. The van der Waals surface area contributed by atoms with Gasteiger partial charge in [-0.3, -0.25) is 0 Å². The van der Waals surface area contributed by atoms with Crippen LogP contribution in [0.25, 0.3) is 0 Å². The van der Waals surface area contributed by atoms with Crippen molar-refractivity contribution in [1.29, 1.82) is 0 Å². The molecule has 2 nitrogen and oxygen atoms in total. The average molecular weight is 225 g/mol. The topological polar surface area (TPSA) is 35.2 Å². The second kappa shape index (κ2) is 4.83. The van der Waals surface area contributed by atoms with Crippen molar-refractivity contribution in [3.05, 3.63) is 0 Å². The van der Waals surface area contributed by atoms with Gasteiger partial charge in [0.15, 0.2) is 0 Å². The molecule has 0 rings (SSSR count). The minimum absolute atomic E-state index is 0.0254. The van der Waals surface area contributed by atoms with Gasteiger partial charge in [-0.05, 0) is 13.0 Å². The minimum atomic E-state index is -5.44. The van der Waals surface area contributed by atoms with Gasteiger partial charge in [-0.15, -0.1) is 0 Å². The lowest BCUT2D eigenvalue weighted by molar-refractivity contribution is -0.321. The summed E-state index contributed by atoms with van der Waals surface area (Å²) in [6.07, 6.45) is -14.6. The van der Waals surface area contributed by atoms with Gasteiger partial charge in [-0.25, -0.2) is 0 Å². The maximum Gasteiger partial charge on any atom is 0.423 e. The van der Waals surface area contributed by atoms with E-state index in [1.54, 1.807) is 0 Å². The maximum atomic E-state index is 11.8. The molecule has 0 spiro atoms. The Morgan fingerprint density at radius 1 is 1.00 bits per heavy atom.